The highest BCUT2D eigenvalue weighted by Gasteiger charge is 2.20. The Balaban J connectivity index is 2.03. The summed E-state index contributed by atoms with van der Waals surface area (Å²) in [5.74, 6) is 0.944. The summed E-state index contributed by atoms with van der Waals surface area (Å²) in [6.07, 6.45) is 1.15. The molecule has 1 aliphatic rings. The van der Waals surface area contributed by atoms with Crippen molar-refractivity contribution in [3.63, 3.8) is 0 Å². The zero-order valence-electron chi connectivity index (χ0n) is 11.7. The third-order valence-electron chi connectivity index (χ3n) is 3.71. The van der Waals surface area contributed by atoms with Gasteiger partial charge in [-0.2, -0.15) is 0 Å². The predicted molar refractivity (Wildman–Crippen MR) is 79.2 cm³/mol. The third kappa shape index (κ3) is 2.14. The first-order valence-electron chi connectivity index (χ1n) is 6.87. The lowest BCUT2D eigenvalue weighted by Crippen LogP contribution is -2.33. The van der Waals surface area contributed by atoms with Crippen LogP contribution in [0.15, 0.2) is 10.9 Å². The van der Waals surface area contributed by atoms with Crippen LogP contribution in [-0.2, 0) is 17.8 Å². The molecule has 0 unspecified atom stereocenters. The summed E-state index contributed by atoms with van der Waals surface area (Å²) in [4.78, 5) is 32.7. The van der Waals surface area contributed by atoms with Gasteiger partial charge in [-0.3, -0.25) is 14.2 Å². The van der Waals surface area contributed by atoms with Crippen LogP contribution in [0, 0.1) is 6.92 Å². The Morgan fingerprint density at radius 1 is 1.40 bits per heavy atom. The molecular formula is C14H17N3O2S. The SMILES string of the molecule is CCC(=O)N1CCc2nc3sc(C)cc3c(=O)n2CC1. The van der Waals surface area contributed by atoms with Crippen LogP contribution >= 0.6 is 11.3 Å². The van der Waals surface area contributed by atoms with Gasteiger partial charge in [0.15, 0.2) is 0 Å². The molecule has 0 fully saturated rings. The molecule has 0 saturated heterocycles. The van der Waals surface area contributed by atoms with Crippen LogP contribution in [0.3, 0.4) is 0 Å². The van der Waals surface area contributed by atoms with Crippen LogP contribution in [-0.4, -0.2) is 33.4 Å². The monoisotopic (exact) mass is 291 g/mol. The summed E-state index contributed by atoms with van der Waals surface area (Å²) in [5, 5.41) is 0.700. The molecule has 5 nitrogen and oxygen atoms in total. The van der Waals surface area contributed by atoms with E-state index in [4.69, 9.17) is 0 Å². The molecule has 0 radical (unpaired) electrons. The van der Waals surface area contributed by atoms with E-state index >= 15 is 0 Å². The molecule has 0 bridgehead atoms. The van der Waals surface area contributed by atoms with E-state index in [0.29, 0.717) is 37.9 Å². The number of carbonyl (C=O) groups is 1. The molecule has 0 atom stereocenters. The Kier molecular flexibility index (Phi) is 3.33. The highest BCUT2D eigenvalue weighted by atomic mass is 32.1. The van der Waals surface area contributed by atoms with Gasteiger partial charge in [-0.15, -0.1) is 11.3 Å². The molecule has 1 amide bonds. The van der Waals surface area contributed by atoms with Gasteiger partial charge in [0.05, 0.1) is 5.39 Å². The van der Waals surface area contributed by atoms with E-state index < -0.39 is 0 Å². The molecule has 0 N–H and O–H groups in total. The van der Waals surface area contributed by atoms with Crippen molar-refractivity contribution in [2.24, 2.45) is 0 Å². The van der Waals surface area contributed by atoms with E-state index in [1.54, 1.807) is 15.9 Å². The highest BCUT2D eigenvalue weighted by Crippen LogP contribution is 2.21. The largest absolute Gasteiger partial charge is 0.340 e. The van der Waals surface area contributed by atoms with Crippen molar-refractivity contribution >= 4 is 27.5 Å². The van der Waals surface area contributed by atoms with Gasteiger partial charge < -0.3 is 4.90 Å². The summed E-state index contributed by atoms with van der Waals surface area (Å²) in [5.41, 5.74) is 0.0279. The lowest BCUT2D eigenvalue weighted by Gasteiger charge is -2.18. The third-order valence-corrected chi connectivity index (χ3v) is 4.65. The Labute approximate surface area is 120 Å². The van der Waals surface area contributed by atoms with Crippen molar-refractivity contribution in [1.82, 2.24) is 14.5 Å². The molecule has 6 heteroatoms. The molecule has 0 spiro atoms. The number of aryl methyl sites for hydroxylation is 1. The number of thiophene rings is 1. The average Bonchev–Trinajstić information content (AvgIpc) is 2.67. The molecule has 0 aliphatic carbocycles. The maximum atomic E-state index is 12.5. The van der Waals surface area contributed by atoms with Crippen LogP contribution in [0.4, 0.5) is 0 Å². The second kappa shape index (κ2) is 5.01. The highest BCUT2D eigenvalue weighted by molar-refractivity contribution is 7.18. The summed E-state index contributed by atoms with van der Waals surface area (Å²) in [6, 6.07) is 1.91. The normalized spacial score (nSPS) is 15.2. The van der Waals surface area contributed by atoms with Gasteiger partial charge in [0.2, 0.25) is 5.91 Å². The number of amides is 1. The number of carbonyl (C=O) groups excluding carboxylic acids is 1. The summed E-state index contributed by atoms with van der Waals surface area (Å²) >= 11 is 1.55. The van der Waals surface area contributed by atoms with Crippen LogP contribution < -0.4 is 5.56 Å². The number of hydrogen-bond acceptors (Lipinski definition) is 4. The van der Waals surface area contributed by atoms with Gasteiger partial charge in [0, 0.05) is 37.4 Å². The van der Waals surface area contributed by atoms with Gasteiger partial charge in [0.1, 0.15) is 10.7 Å². The smallest absolute Gasteiger partial charge is 0.262 e. The molecule has 3 rings (SSSR count). The van der Waals surface area contributed by atoms with Crippen molar-refractivity contribution in [1.29, 1.82) is 0 Å². The van der Waals surface area contributed by atoms with Crippen molar-refractivity contribution in [2.75, 3.05) is 13.1 Å². The van der Waals surface area contributed by atoms with Crippen LogP contribution in [0.1, 0.15) is 24.0 Å². The zero-order chi connectivity index (χ0) is 14.3. The lowest BCUT2D eigenvalue weighted by atomic mass is 10.3. The zero-order valence-corrected chi connectivity index (χ0v) is 12.5. The Morgan fingerprint density at radius 2 is 2.20 bits per heavy atom. The molecule has 106 valence electrons. The van der Waals surface area contributed by atoms with E-state index in [-0.39, 0.29) is 11.5 Å². The molecule has 2 aromatic rings. The average molecular weight is 291 g/mol. The standard InChI is InChI=1S/C14H17N3O2S/c1-3-12(18)16-5-4-11-15-13-10(8-9(2)20-13)14(19)17(11)7-6-16/h8H,3-7H2,1-2H3. The first-order valence-corrected chi connectivity index (χ1v) is 7.69. The van der Waals surface area contributed by atoms with Gasteiger partial charge >= 0.3 is 0 Å². The molecule has 0 saturated carbocycles. The van der Waals surface area contributed by atoms with Gasteiger partial charge in [-0.25, -0.2) is 4.98 Å². The number of nitrogens with zero attached hydrogens (tertiary/aromatic N) is 3. The fourth-order valence-electron chi connectivity index (χ4n) is 2.64. The Morgan fingerprint density at radius 3 is 2.95 bits per heavy atom. The van der Waals surface area contributed by atoms with Crippen LogP contribution in [0.5, 0.6) is 0 Å². The van der Waals surface area contributed by atoms with Crippen molar-refractivity contribution in [2.45, 2.75) is 33.2 Å². The summed E-state index contributed by atoms with van der Waals surface area (Å²) < 4.78 is 1.73. The molecular weight excluding hydrogens is 274 g/mol. The fraction of sp³-hybridized carbons (Fsp3) is 0.500. The van der Waals surface area contributed by atoms with Crippen molar-refractivity contribution in [3.8, 4) is 0 Å². The van der Waals surface area contributed by atoms with E-state index in [0.717, 1.165) is 15.5 Å². The second-order valence-electron chi connectivity index (χ2n) is 5.05. The van der Waals surface area contributed by atoms with Crippen LogP contribution in [0.25, 0.3) is 10.2 Å². The maximum Gasteiger partial charge on any atom is 0.262 e. The number of fused-ring (bicyclic) bond motifs is 2. The Hall–Kier alpha value is -1.69. The molecule has 1 aliphatic heterocycles. The van der Waals surface area contributed by atoms with E-state index in [2.05, 4.69) is 4.98 Å². The molecule has 3 heterocycles. The topological polar surface area (TPSA) is 55.2 Å². The second-order valence-corrected chi connectivity index (χ2v) is 6.28. The predicted octanol–water partition coefficient (Wildman–Crippen LogP) is 1.56. The fourth-order valence-corrected chi connectivity index (χ4v) is 3.53. The molecule has 2 aromatic heterocycles. The number of aromatic nitrogens is 2. The van der Waals surface area contributed by atoms with Crippen molar-refractivity contribution in [3.05, 3.63) is 27.1 Å². The maximum absolute atomic E-state index is 12.5. The minimum absolute atomic E-state index is 0.0279. The number of hydrogen-bond donors (Lipinski definition) is 0. The minimum Gasteiger partial charge on any atom is -0.340 e. The number of rotatable bonds is 1. The van der Waals surface area contributed by atoms with Gasteiger partial charge in [-0.1, -0.05) is 6.92 Å². The first kappa shape index (κ1) is 13.3. The van der Waals surface area contributed by atoms with E-state index in [1.807, 2.05) is 24.8 Å². The Bertz CT molecular complexity index is 732. The van der Waals surface area contributed by atoms with E-state index in [9.17, 15) is 9.59 Å². The minimum atomic E-state index is 0.0279. The van der Waals surface area contributed by atoms with E-state index in [1.165, 1.54) is 0 Å². The van der Waals surface area contributed by atoms with Gasteiger partial charge in [-0.05, 0) is 13.0 Å². The summed E-state index contributed by atoms with van der Waals surface area (Å²) in [7, 11) is 0. The van der Waals surface area contributed by atoms with Gasteiger partial charge in [0.25, 0.3) is 5.56 Å². The van der Waals surface area contributed by atoms with Crippen LogP contribution in [0.2, 0.25) is 0 Å². The summed E-state index contributed by atoms with van der Waals surface area (Å²) in [6.45, 7) is 5.63. The molecule has 20 heavy (non-hydrogen) atoms. The van der Waals surface area contributed by atoms with Crippen molar-refractivity contribution < 1.29 is 4.79 Å². The molecule has 0 aromatic carbocycles. The quantitative estimate of drug-likeness (QED) is 0.801. The lowest BCUT2D eigenvalue weighted by molar-refractivity contribution is -0.130. The first-order chi connectivity index (χ1) is 9.60.